The van der Waals surface area contributed by atoms with Crippen LogP contribution >= 0.6 is 0 Å². The highest BCUT2D eigenvalue weighted by Crippen LogP contribution is 2.30. The molecule has 4 heteroatoms. The monoisotopic (exact) mass is 262 g/mol. The Bertz CT molecular complexity index is 413. The molecule has 1 amide bonds. The number of nitrogens with one attached hydrogen (secondary N) is 1. The van der Waals surface area contributed by atoms with Crippen molar-refractivity contribution in [1.29, 1.82) is 0 Å². The molecule has 0 bridgehead atoms. The van der Waals surface area contributed by atoms with Crippen LogP contribution in [0.5, 0.6) is 0 Å². The van der Waals surface area contributed by atoms with E-state index in [0.29, 0.717) is 6.42 Å². The van der Waals surface area contributed by atoms with Gasteiger partial charge < -0.3 is 16.2 Å². The second-order valence-electron chi connectivity index (χ2n) is 5.46. The van der Waals surface area contributed by atoms with Gasteiger partial charge in [0.05, 0.1) is 12.6 Å². The highest BCUT2D eigenvalue weighted by atomic mass is 16.3. The van der Waals surface area contributed by atoms with Crippen molar-refractivity contribution in [2.75, 3.05) is 6.61 Å². The normalized spacial score (nSPS) is 19.1. The summed E-state index contributed by atoms with van der Waals surface area (Å²) in [6.45, 7) is -0.104. The van der Waals surface area contributed by atoms with Crippen LogP contribution in [0.1, 0.15) is 43.7 Å². The van der Waals surface area contributed by atoms with E-state index in [1.165, 1.54) is 0 Å². The molecule has 4 nitrogen and oxygen atoms in total. The molecule has 0 radical (unpaired) electrons. The molecule has 104 valence electrons. The average molecular weight is 262 g/mol. The summed E-state index contributed by atoms with van der Waals surface area (Å²) < 4.78 is 0. The van der Waals surface area contributed by atoms with Crippen LogP contribution < -0.4 is 11.1 Å². The fourth-order valence-electron chi connectivity index (χ4n) is 2.74. The number of hydrogen-bond acceptors (Lipinski definition) is 3. The van der Waals surface area contributed by atoms with Crippen LogP contribution in [0.4, 0.5) is 0 Å². The molecule has 1 fully saturated rings. The Labute approximate surface area is 114 Å². The third-order valence-electron chi connectivity index (χ3n) is 3.83. The number of aliphatic hydroxyl groups excluding tert-OH is 1. The maximum absolute atomic E-state index is 12.0. The van der Waals surface area contributed by atoms with E-state index in [1.807, 2.05) is 30.3 Å². The molecule has 1 atom stereocenters. The van der Waals surface area contributed by atoms with Crippen LogP contribution in [-0.4, -0.2) is 23.2 Å². The summed E-state index contributed by atoms with van der Waals surface area (Å²) in [5.41, 5.74) is 6.76. The minimum absolute atomic E-state index is 0.0766. The number of nitrogens with two attached hydrogens (primary N) is 1. The van der Waals surface area contributed by atoms with Gasteiger partial charge in [-0.1, -0.05) is 43.2 Å². The minimum atomic E-state index is -0.348. The zero-order valence-electron chi connectivity index (χ0n) is 11.1. The van der Waals surface area contributed by atoms with E-state index in [-0.39, 0.29) is 24.1 Å². The van der Waals surface area contributed by atoms with Gasteiger partial charge in [0.2, 0.25) is 5.91 Å². The topological polar surface area (TPSA) is 75.4 Å². The van der Waals surface area contributed by atoms with E-state index in [1.54, 1.807) is 0 Å². The molecular weight excluding hydrogens is 240 g/mol. The number of rotatable bonds is 5. The van der Waals surface area contributed by atoms with Crippen molar-refractivity contribution in [1.82, 2.24) is 5.32 Å². The summed E-state index contributed by atoms with van der Waals surface area (Å²) in [5, 5.41) is 12.3. The molecule has 0 aromatic heterocycles. The molecule has 4 N–H and O–H groups in total. The first-order valence-corrected chi connectivity index (χ1v) is 6.87. The summed E-state index contributed by atoms with van der Waals surface area (Å²) >= 11 is 0. The molecule has 1 unspecified atom stereocenters. The second kappa shape index (κ2) is 6.17. The highest BCUT2D eigenvalue weighted by Gasteiger charge is 2.32. The summed E-state index contributed by atoms with van der Waals surface area (Å²) in [7, 11) is 0. The zero-order valence-corrected chi connectivity index (χ0v) is 11.1. The first kappa shape index (κ1) is 14.0. The first-order valence-electron chi connectivity index (χ1n) is 6.87. The van der Waals surface area contributed by atoms with E-state index in [0.717, 1.165) is 31.2 Å². The Morgan fingerprint density at radius 1 is 1.32 bits per heavy atom. The SMILES string of the molecule is NC1(CC(=O)NC(CO)c2ccccc2)CCCC1. The quantitative estimate of drug-likeness (QED) is 0.752. The van der Waals surface area contributed by atoms with Gasteiger partial charge in [0.1, 0.15) is 0 Å². The minimum Gasteiger partial charge on any atom is -0.394 e. The Morgan fingerprint density at radius 2 is 1.95 bits per heavy atom. The van der Waals surface area contributed by atoms with Crippen molar-refractivity contribution in [3.05, 3.63) is 35.9 Å². The first-order chi connectivity index (χ1) is 9.13. The Hall–Kier alpha value is -1.39. The van der Waals surface area contributed by atoms with E-state index >= 15 is 0 Å². The van der Waals surface area contributed by atoms with Gasteiger partial charge in [-0.15, -0.1) is 0 Å². The maximum Gasteiger partial charge on any atom is 0.222 e. The lowest BCUT2D eigenvalue weighted by molar-refractivity contribution is -0.123. The van der Waals surface area contributed by atoms with Crippen LogP contribution in [0, 0.1) is 0 Å². The van der Waals surface area contributed by atoms with E-state index in [9.17, 15) is 9.90 Å². The number of aliphatic hydroxyl groups is 1. The lowest BCUT2D eigenvalue weighted by Gasteiger charge is -2.24. The predicted octanol–water partition coefficient (Wildman–Crippen LogP) is 1.50. The van der Waals surface area contributed by atoms with Crippen LogP contribution in [-0.2, 0) is 4.79 Å². The molecule has 0 saturated heterocycles. The molecule has 1 aromatic carbocycles. The van der Waals surface area contributed by atoms with E-state index in [2.05, 4.69) is 5.32 Å². The summed E-state index contributed by atoms with van der Waals surface area (Å²) in [6.07, 6.45) is 4.37. The Kier molecular flexibility index (Phi) is 4.56. The van der Waals surface area contributed by atoms with Gasteiger partial charge in [0.15, 0.2) is 0 Å². The molecule has 19 heavy (non-hydrogen) atoms. The fraction of sp³-hybridized carbons (Fsp3) is 0.533. The number of carbonyl (C=O) groups excluding carboxylic acids is 1. The molecule has 0 aliphatic heterocycles. The smallest absolute Gasteiger partial charge is 0.222 e. The van der Waals surface area contributed by atoms with Crippen LogP contribution in [0.3, 0.4) is 0 Å². The van der Waals surface area contributed by atoms with Gasteiger partial charge in [-0.2, -0.15) is 0 Å². The van der Waals surface area contributed by atoms with Gasteiger partial charge in [-0.3, -0.25) is 4.79 Å². The molecule has 1 saturated carbocycles. The van der Waals surface area contributed by atoms with Crippen molar-refractivity contribution < 1.29 is 9.90 Å². The molecule has 1 aliphatic rings. The highest BCUT2D eigenvalue weighted by molar-refractivity contribution is 5.77. The summed E-state index contributed by atoms with van der Waals surface area (Å²) in [4.78, 5) is 12.0. The number of hydrogen-bond donors (Lipinski definition) is 3. The third-order valence-corrected chi connectivity index (χ3v) is 3.83. The van der Waals surface area contributed by atoms with Gasteiger partial charge in [-0.25, -0.2) is 0 Å². The fourth-order valence-corrected chi connectivity index (χ4v) is 2.74. The predicted molar refractivity (Wildman–Crippen MR) is 74.4 cm³/mol. The van der Waals surface area contributed by atoms with Gasteiger partial charge >= 0.3 is 0 Å². The van der Waals surface area contributed by atoms with Gasteiger partial charge in [-0.05, 0) is 18.4 Å². The molecule has 1 aliphatic carbocycles. The van der Waals surface area contributed by atoms with Crippen molar-refractivity contribution >= 4 is 5.91 Å². The van der Waals surface area contributed by atoms with Crippen molar-refractivity contribution in [2.45, 2.75) is 43.7 Å². The Balaban J connectivity index is 1.93. The summed E-state index contributed by atoms with van der Waals surface area (Å²) in [6, 6.07) is 9.15. The molecule has 1 aromatic rings. The third kappa shape index (κ3) is 3.78. The van der Waals surface area contributed by atoms with Gasteiger partial charge in [0.25, 0.3) is 0 Å². The number of carbonyl (C=O) groups is 1. The molecule has 0 spiro atoms. The lowest BCUT2D eigenvalue weighted by Crippen LogP contribution is -2.43. The summed E-state index contributed by atoms with van der Waals surface area (Å²) in [5.74, 6) is -0.0766. The van der Waals surface area contributed by atoms with Crippen LogP contribution in [0.25, 0.3) is 0 Å². The standard InChI is InChI=1S/C15H22N2O2/c16-15(8-4-5-9-15)10-14(19)17-13(11-18)12-6-2-1-3-7-12/h1-3,6-7,13,18H,4-5,8-11,16H2,(H,17,19). The molecular formula is C15H22N2O2. The van der Waals surface area contributed by atoms with E-state index < -0.39 is 0 Å². The van der Waals surface area contributed by atoms with Crippen molar-refractivity contribution in [3.8, 4) is 0 Å². The number of amides is 1. The molecule has 2 rings (SSSR count). The largest absolute Gasteiger partial charge is 0.394 e. The second-order valence-corrected chi connectivity index (χ2v) is 5.46. The van der Waals surface area contributed by atoms with Crippen molar-refractivity contribution in [3.63, 3.8) is 0 Å². The Morgan fingerprint density at radius 3 is 2.53 bits per heavy atom. The number of benzene rings is 1. The average Bonchev–Trinajstić information content (AvgIpc) is 2.83. The molecule has 0 heterocycles. The zero-order chi connectivity index (χ0) is 13.7. The van der Waals surface area contributed by atoms with Crippen molar-refractivity contribution in [2.24, 2.45) is 5.73 Å². The van der Waals surface area contributed by atoms with Crippen LogP contribution in [0.2, 0.25) is 0 Å². The maximum atomic E-state index is 12.0. The van der Waals surface area contributed by atoms with Crippen LogP contribution in [0.15, 0.2) is 30.3 Å². The lowest BCUT2D eigenvalue weighted by atomic mass is 9.94. The van der Waals surface area contributed by atoms with E-state index in [4.69, 9.17) is 5.73 Å². The van der Waals surface area contributed by atoms with Gasteiger partial charge in [0, 0.05) is 12.0 Å².